The monoisotopic (exact) mass is 368 g/mol. The number of benzene rings is 1. The lowest BCUT2D eigenvalue weighted by atomic mass is 10.2. The molecule has 2 rings (SSSR count). The smallest absolute Gasteiger partial charge is 0.334 e. The van der Waals surface area contributed by atoms with Gasteiger partial charge in [0.25, 0.3) is 0 Å². The average molecular weight is 369 g/mol. The second-order valence-electron chi connectivity index (χ2n) is 5.35. The van der Waals surface area contributed by atoms with E-state index in [1.807, 2.05) is 26.0 Å². The first-order chi connectivity index (χ1) is 10.4. The molecular weight excluding hydrogens is 352 g/mol. The van der Waals surface area contributed by atoms with Crippen LogP contribution in [0.15, 0.2) is 28.7 Å². The molecule has 0 unspecified atom stereocenters. The standard InChI is InChI=1S/C15H17BrN2O4/c1-10(2)9-18-14(20)13(19)17(15(18)21)6-7-22-12-5-3-4-11(16)8-12/h3-5,8,10H,6-7,9H2,1-2H3. The summed E-state index contributed by atoms with van der Waals surface area (Å²) in [5.74, 6) is -0.818. The molecule has 0 atom stereocenters. The van der Waals surface area contributed by atoms with Crippen molar-refractivity contribution < 1.29 is 19.1 Å². The molecule has 1 aromatic carbocycles. The van der Waals surface area contributed by atoms with E-state index in [0.717, 1.165) is 14.3 Å². The maximum absolute atomic E-state index is 12.1. The van der Waals surface area contributed by atoms with Gasteiger partial charge in [0, 0.05) is 11.0 Å². The van der Waals surface area contributed by atoms with Crippen molar-refractivity contribution in [2.45, 2.75) is 13.8 Å². The van der Waals surface area contributed by atoms with Crippen LogP contribution >= 0.6 is 15.9 Å². The lowest BCUT2D eigenvalue weighted by Crippen LogP contribution is -2.37. The predicted molar refractivity (Wildman–Crippen MR) is 83.3 cm³/mol. The van der Waals surface area contributed by atoms with E-state index in [9.17, 15) is 14.4 Å². The van der Waals surface area contributed by atoms with E-state index in [0.29, 0.717) is 5.75 Å². The third kappa shape index (κ3) is 3.65. The van der Waals surface area contributed by atoms with Gasteiger partial charge in [-0.2, -0.15) is 0 Å². The van der Waals surface area contributed by atoms with Crippen LogP contribution in [-0.4, -0.2) is 47.3 Å². The Morgan fingerprint density at radius 3 is 2.45 bits per heavy atom. The molecule has 0 radical (unpaired) electrons. The summed E-state index contributed by atoms with van der Waals surface area (Å²) in [6.45, 7) is 4.18. The van der Waals surface area contributed by atoms with E-state index >= 15 is 0 Å². The van der Waals surface area contributed by atoms with E-state index < -0.39 is 17.8 Å². The largest absolute Gasteiger partial charge is 0.492 e. The van der Waals surface area contributed by atoms with Gasteiger partial charge in [0.2, 0.25) is 0 Å². The Bertz CT molecular complexity index is 603. The van der Waals surface area contributed by atoms with Crippen LogP contribution < -0.4 is 4.74 Å². The first-order valence-corrected chi connectivity index (χ1v) is 7.75. The van der Waals surface area contributed by atoms with Gasteiger partial charge in [-0.3, -0.25) is 19.4 Å². The molecule has 4 amide bonds. The normalized spacial score (nSPS) is 15.2. The summed E-state index contributed by atoms with van der Waals surface area (Å²) >= 11 is 3.33. The van der Waals surface area contributed by atoms with E-state index in [4.69, 9.17) is 4.74 Å². The van der Waals surface area contributed by atoms with Crippen molar-refractivity contribution in [2.75, 3.05) is 19.7 Å². The fourth-order valence-corrected chi connectivity index (χ4v) is 2.46. The van der Waals surface area contributed by atoms with Gasteiger partial charge in [-0.05, 0) is 24.1 Å². The molecule has 22 heavy (non-hydrogen) atoms. The molecule has 1 aromatic rings. The maximum Gasteiger partial charge on any atom is 0.334 e. The molecule has 0 N–H and O–H groups in total. The van der Waals surface area contributed by atoms with Crippen LogP contribution in [0, 0.1) is 5.92 Å². The SMILES string of the molecule is CC(C)CN1C(=O)C(=O)N(CCOc2cccc(Br)c2)C1=O. The first-order valence-electron chi connectivity index (χ1n) is 6.96. The highest BCUT2D eigenvalue weighted by molar-refractivity contribution is 9.10. The summed E-state index contributed by atoms with van der Waals surface area (Å²) in [5.41, 5.74) is 0. The van der Waals surface area contributed by atoms with Crippen molar-refractivity contribution in [2.24, 2.45) is 5.92 Å². The van der Waals surface area contributed by atoms with Gasteiger partial charge >= 0.3 is 17.8 Å². The molecule has 118 valence electrons. The number of hydrogen-bond donors (Lipinski definition) is 0. The summed E-state index contributed by atoms with van der Waals surface area (Å²) in [7, 11) is 0. The molecule has 1 saturated heterocycles. The Morgan fingerprint density at radius 1 is 1.14 bits per heavy atom. The fraction of sp³-hybridized carbons (Fsp3) is 0.400. The van der Waals surface area contributed by atoms with Gasteiger partial charge in [0.1, 0.15) is 12.4 Å². The zero-order valence-corrected chi connectivity index (χ0v) is 14.0. The second-order valence-corrected chi connectivity index (χ2v) is 6.27. The first kappa shape index (κ1) is 16.5. The average Bonchev–Trinajstić information content (AvgIpc) is 2.64. The molecular formula is C15H17BrN2O4. The van der Waals surface area contributed by atoms with E-state index in [1.165, 1.54) is 0 Å². The number of hydrogen-bond acceptors (Lipinski definition) is 4. The number of nitrogens with zero attached hydrogens (tertiary/aromatic N) is 2. The lowest BCUT2D eigenvalue weighted by Gasteiger charge is -2.17. The zero-order chi connectivity index (χ0) is 16.3. The third-order valence-electron chi connectivity index (χ3n) is 3.06. The van der Waals surface area contributed by atoms with Crippen molar-refractivity contribution in [3.63, 3.8) is 0 Å². The molecule has 1 aliphatic rings. The Hall–Kier alpha value is -1.89. The minimum absolute atomic E-state index is 0.0461. The highest BCUT2D eigenvalue weighted by Crippen LogP contribution is 2.18. The molecule has 1 fully saturated rings. The number of amides is 4. The van der Waals surface area contributed by atoms with Gasteiger partial charge in [0.15, 0.2) is 0 Å². The zero-order valence-electron chi connectivity index (χ0n) is 12.4. The van der Waals surface area contributed by atoms with E-state index in [-0.39, 0.29) is 25.6 Å². The minimum atomic E-state index is -0.788. The Kier molecular flexibility index (Phi) is 5.18. The summed E-state index contributed by atoms with van der Waals surface area (Å²) < 4.78 is 6.36. The van der Waals surface area contributed by atoms with Crippen LogP contribution in [0.3, 0.4) is 0 Å². The van der Waals surface area contributed by atoms with Crippen LogP contribution in [0.2, 0.25) is 0 Å². The van der Waals surface area contributed by atoms with Crippen LogP contribution in [0.4, 0.5) is 4.79 Å². The summed E-state index contributed by atoms with van der Waals surface area (Å²) in [5, 5.41) is 0. The molecule has 0 aromatic heterocycles. The topological polar surface area (TPSA) is 66.9 Å². The molecule has 7 heteroatoms. The summed E-state index contributed by atoms with van der Waals surface area (Å²) in [4.78, 5) is 37.7. The van der Waals surface area contributed by atoms with Gasteiger partial charge in [-0.15, -0.1) is 0 Å². The van der Waals surface area contributed by atoms with Crippen LogP contribution in [0.1, 0.15) is 13.8 Å². The fourth-order valence-electron chi connectivity index (χ4n) is 2.09. The molecule has 1 heterocycles. The van der Waals surface area contributed by atoms with Crippen molar-refractivity contribution in [3.05, 3.63) is 28.7 Å². The summed E-state index contributed by atoms with van der Waals surface area (Å²) in [6.07, 6.45) is 0. The Labute approximate surface area is 137 Å². The maximum atomic E-state index is 12.1. The molecule has 0 saturated carbocycles. The van der Waals surface area contributed by atoms with E-state index in [2.05, 4.69) is 15.9 Å². The second kappa shape index (κ2) is 6.91. The Balaban J connectivity index is 1.94. The van der Waals surface area contributed by atoms with Crippen molar-refractivity contribution in [1.29, 1.82) is 0 Å². The molecule has 0 bridgehead atoms. The van der Waals surface area contributed by atoms with Crippen LogP contribution in [0.5, 0.6) is 5.75 Å². The number of carbonyl (C=O) groups excluding carboxylic acids is 3. The minimum Gasteiger partial charge on any atom is -0.492 e. The number of urea groups is 1. The molecule has 0 spiro atoms. The number of rotatable bonds is 6. The number of ether oxygens (including phenoxy) is 1. The molecule has 0 aliphatic carbocycles. The van der Waals surface area contributed by atoms with Crippen molar-refractivity contribution in [3.8, 4) is 5.75 Å². The van der Waals surface area contributed by atoms with Gasteiger partial charge in [-0.1, -0.05) is 35.8 Å². The van der Waals surface area contributed by atoms with Crippen LogP contribution in [-0.2, 0) is 9.59 Å². The van der Waals surface area contributed by atoms with Crippen LogP contribution in [0.25, 0.3) is 0 Å². The molecule has 6 nitrogen and oxygen atoms in total. The number of carbonyl (C=O) groups is 3. The Morgan fingerprint density at radius 2 is 1.82 bits per heavy atom. The predicted octanol–water partition coefficient (Wildman–Crippen LogP) is 2.27. The highest BCUT2D eigenvalue weighted by Gasteiger charge is 2.44. The molecule has 1 aliphatic heterocycles. The number of halogens is 1. The third-order valence-corrected chi connectivity index (χ3v) is 3.56. The quantitative estimate of drug-likeness (QED) is 0.570. The van der Waals surface area contributed by atoms with Gasteiger partial charge in [0.05, 0.1) is 6.54 Å². The van der Waals surface area contributed by atoms with Crippen molar-refractivity contribution >= 4 is 33.8 Å². The summed E-state index contributed by atoms with van der Waals surface area (Å²) in [6, 6.07) is 6.67. The highest BCUT2D eigenvalue weighted by atomic mass is 79.9. The van der Waals surface area contributed by atoms with Gasteiger partial charge in [-0.25, -0.2) is 4.79 Å². The van der Waals surface area contributed by atoms with Gasteiger partial charge < -0.3 is 4.74 Å². The van der Waals surface area contributed by atoms with Crippen molar-refractivity contribution in [1.82, 2.24) is 9.80 Å². The lowest BCUT2D eigenvalue weighted by molar-refractivity contribution is -0.143. The number of imide groups is 2. The van der Waals surface area contributed by atoms with E-state index in [1.54, 1.807) is 12.1 Å².